The van der Waals surface area contributed by atoms with Gasteiger partial charge in [0.15, 0.2) is 0 Å². The highest BCUT2D eigenvalue weighted by molar-refractivity contribution is 5.36. The van der Waals surface area contributed by atoms with Gasteiger partial charge in [0, 0.05) is 18.6 Å². The fourth-order valence-corrected chi connectivity index (χ4v) is 2.68. The van der Waals surface area contributed by atoms with Crippen molar-refractivity contribution in [2.24, 2.45) is 11.1 Å². The summed E-state index contributed by atoms with van der Waals surface area (Å²) in [6, 6.07) is 6.08. The summed E-state index contributed by atoms with van der Waals surface area (Å²) in [7, 11) is 0. The maximum absolute atomic E-state index is 10.7. The first-order valence-corrected chi connectivity index (χ1v) is 6.13. The molecule has 1 saturated heterocycles. The van der Waals surface area contributed by atoms with Gasteiger partial charge in [-0.1, -0.05) is 18.2 Å². The minimum absolute atomic E-state index is 0.309. The van der Waals surface area contributed by atoms with Gasteiger partial charge >= 0.3 is 0 Å². The molecule has 1 aliphatic rings. The zero-order chi connectivity index (χ0) is 12.5. The molecule has 2 unspecified atom stereocenters. The largest absolute Gasteiger partial charge is 0.388 e. The van der Waals surface area contributed by atoms with Crippen molar-refractivity contribution < 1.29 is 9.84 Å². The Bertz CT molecular complexity index is 377. The standard InChI is InChI=1S/C14H21NO2/c1-10-4-3-5-11(2)12(10)13(16)14(8-15)6-7-17-9-14/h3-5,13,16H,6-9,15H2,1-2H3. The topological polar surface area (TPSA) is 55.5 Å². The number of nitrogens with two attached hydrogens (primary N) is 1. The van der Waals surface area contributed by atoms with Gasteiger partial charge in [0.05, 0.1) is 12.7 Å². The molecule has 3 nitrogen and oxygen atoms in total. The Balaban J connectivity index is 2.39. The number of benzene rings is 1. The summed E-state index contributed by atoms with van der Waals surface area (Å²) in [5, 5.41) is 10.7. The second-order valence-corrected chi connectivity index (χ2v) is 5.08. The lowest BCUT2D eigenvalue weighted by Crippen LogP contribution is -2.37. The van der Waals surface area contributed by atoms with E-state index in [1.54, 1.807) is 0 Å². The quantitative estimate of drug-likeness (QED) is 0.838. The van der Waals surface area contributed by atoms with Crippen molar-refractivity contribution in [1.29, 1.82) is 0 Å². The Morgan fingerprint density at radius 2 is 2.06 bits per heavy atom. The summed E-state index contributed by atoms with van der Waals surface area (Å²) in [5.74, 6) is 0. The van der Waals surface area contributed by atoms with Crippen LogP contribution < -0.4 is 5.73 Å². The van der Waals surface area contributed by atoms with E-state index >= 15 is 0 Å². The molecule has 0 aromatic heterocycles. The molecule has 3 heteroatoms. The van der Waals surface area contributed by atoms with Crippen LogP contribution in [-0.4, -0.2) is 24.9 Å². The van der Waals surface area contributed by atoms with Crippen LogP contribution in [0.5, 0.6) is 0 Å². The van der Waals surface area contributed by atoms with Crippen molar-refractivity contribution in [3.8, 4) is 0 Å². The minimum Gasteiger partial charge on any atom is -0.388 e. The fraction of sp³-hybridized carbons (Fsp3) is 0.571. The van der Waals surface area contributed by atoms with E-state index in [-0.39, 0.29) is 5.41 Å². The Morgan fingerprint density at radius 3 is 2.53 bits per heavy atom. The number of rotatable bonds is 3. The van der Waals surface area contributed by atoms with Gasteiger partial charge in [-0.3, -0.25) is 0 Å². The van der Waals surface area contributed by atoms with Crippen molar-refractivity contribution in [3.63, 3.8) is 0 Å². The zero-order valence-corrected chi connectivity index (χ0v) is 10.6. The SMILES string of the molecule is Cc1cccc(C)c1C(O)C1(CN)CCOC1. The van der Waals surface area contributed by atoms with Gasteiger partial charge in [-0.2, -0.15) is 0 Å². The molecule has 1 heterocycles. The van der Waals surface area contributed by atoms with Crippen LogP contribution in [-0.2, 0) is 4.74 Å². The van der Waals surface area contributed by atoms with Crippen LogP contribution in [0.15, 0.2) is 18.2 Å². The van der Waals surface area contributed by atoms with Crippen molar-refractivity contribution >= 4 is 0 Å². The van der Waals surface area contributed by atoms with E-state index in [0.29, 0.717) is 19.8 Å². The van der Waals surface area contributed by atoms with Gasteiger partial charge in [-0.15, -0.1) is 0 Å². The summed E-state index contributed by atoms with van der Waals surface area (Å²) >= 11 is 0. The summed E-state index contributed by atoms with van der Waals surface area (Å²) in [6.45, 7) is 5.77. The van der Waals surface area contributed by atoms with E-state index in [2.05, 4.69) is 0 Å². The summed E-state index contributed by atoms with van der Waals surface area (Å²) in [6.07, 6.45) is 0.300. The van der Waals surface area contributed by atoms with Crippen LogP contribution in [0.2, 0.25) is 0 Å². The minimum atomic E-state index is -0.531. The zero-order valence-electron chi connectivity index (χ0n) is 10.6. The molecule has 1 aliphatic heterocycles. The third-order valence-electron chi connectivity index (χ3n) is 3.94. The fourth-order valence-electron chi connectivity index (χ4n) is 2.68. The highest BCUT2D eigenvalue weighted by Crippen LogP contribution is 2.42. The Labute approximate surface area is 103 Å². The van der Waals surface area contributed by atoms with Crippen LogP contribution in [0.4, 0.5) is 0 Å². The summed E-state index contributed by atoms with van der Waals surface area (Å²) in [4.78, 5) is 0. The molecule has 0 radical (unpaired) electrons. The second kappa shape index (κ2) is 4.77. The van der Waals surface area contributed by atoms with Gasteiger partial charge < -0.3 is 15.6 Å². The second-order valence-electron chi connectivity index (χ2n) is 5.08. The van der Waals surface area contributed by atoms with Crippen molar-refractivity contribution in [1.82, 2.24) is 0 Å². The predicted octanol–water partition coefficient (Wildman–Crippen LogP) is 1.70. The lowest BCUT2D eigenvalue weighted by atomic mass is 9.76. The third-order valence-corrected chi connectivity index (χ3v) is 3.94. The van der Waals surface area contributed by atoms with E-state index in [4.69, 9.17) is 10.5 Å². The maximum atomic E-state index is 10.7. The van der Waals surface area contributed by atoms with Crippen LogP contribution in [0.3, 0.4) is 0 Å². The molecule has 0 aliphatic carbocycles. The molecule has 0 amide bonds. The Morgan fingerprint density at radius 1 is 1.41 bits per heavy atom. The number of hydrogen-bond acceptors (Lipinski definition) is 3. The molecule has 2 atom stereocenters. The molecule has 0 spiro atoms. The van der Waals surface area contributed by atoms with E-state index in [1.165, 1.54) is 0 Å². The molecular formula is C14H21NO2. The van der Waals surface area contributed by atoms with Gasteiger partial charge in [-0.25, -0.2) is 0 Å². The Hall–Kier alpha value is -0.900. The van der Waals surface area contributed by atoms with Crippen LogP contribution in [0.1, 0.15) is 29.2 Å². The monoisotopic (exact) mass is 235 g/mol. The van der Waals surface area contributed by atoms with E-state index in [0.717, 1.165) is 23.1 Å². The number of aliphatic hydroxyl groups excluding tert-OH is 1. The van der Waals surface area contributed by atoms with E-state index < -0.39 is 6.10 Å². The number of aryl methyl sites for hydroxylation is 2. The van der Waals surface area contributed by atoms with Gasteiger partial charge in [0.2, 0.25) is 0 Å². The molecule has 94 valence electrons. The molecule has 0 bridgehead atoms. The highest BCUT2D eigenvalue weighted by atomic mass is 16.5. The van der Waals surface area contributed by atoms with Crippen molar-refractivity contribution in [2.45, 2.75) is 26.4 Å². The molecule has 1 aromatic carbocycles. The summed E-state index contributed by atoms with van der Waals surface area (Å²) < 4.78 is 5.43. The number of aliphatic hydroxyl groups is 1. The molecule has 2 rings (SSSR count). The van der Waals surface area contributed by atoms with Crippen molar-refractivity contribution in [3.05, 3.63) is 34.9 Å². The molecule has 1 fully saturated rings. The molecule has 1 aromatic rings. The number of hydrogen-bond donors (Lipinski definition) is 2. The average molecular weight is 235 g/mol. The smallest absolute Gasteiger partial charge is 0.0886 e. The van der Waals surface area contributed by atoms with Crippen LogP contribution in [0, 0.1) is 19.3 Å². The number of ether oxygens (including phenoxy) is 1. The summed E-state index contributed by atoms with van der Waals surface area (Å²) in [5.41, 5.74) is 8.82. The van der Waals surface area contributed by atoms with E-state index in [9.17, 15) is 5.11 Å². The van der Waals surface area contributed by atoms with Gasteiger partial charge in [0.1, 0.15) is 0 Å². The maximum Gasteiger partial charge on any atom is 0.0886 e. The third kappa shape index (κ3) is 2.10. The average Bonchev–Trinajstić information content (AvgIpc) is 2.78. The normalized spacial score (nSPS) is 26.1. The first kappa shape index (κ1) is 12.6. The molecule has 3 N–H and O–H groups in total. The predicted molar refractivity (Wildman–Crippen MR) is 67.8 cm³/mol. The first-order chi connectivity index (χ1) is 8.10. The Kier molecular flexibility index (Phi) is 3.52. The van der Waals surface area contributed by atoms with Gasteiger partial charge in [0.25, 0.3) is 0 Å². The molecule has 0 saturated carbocycles. The first-order valence-electron chi connectivity index (χ1n) is 6.13. The van der Waals surface area contributed by atoms with Crippen molar-refractivity contribution in [2.75, 3.05) is 19.8 Å². The van der Waals surface area contributed by atoms with Gasteiger partial charge in [-0.05, 0) is 37.0 Å². The van der Waals surface area contributed by atoms with Crippen LogP contribution in [0.25, 0.3) is 0 Å². The van der Waals surface area contributed by atoms with E-state index in [1.807, 2.05) is 32.0 Å². The molecular weight excluding hydrogens is 214 g/mol. The lowest BCUT2D eigenvalue weighted by molar-refractivity contribution is 0.0183. The lowest BCUT2D eigenvalue weighted by Gasteiger charge is -2.33. The van der Waals surface area contributed by atoms with Crippen LogP contribution >= 0.6 is 0 Å². The molecule has 17 heavy (non-hydrogen) atoms. The highest BCUT2D eigenvalue weighted by Gasteiger charge is 2.42.